The Morgan fingerprint density at radius 2 is 2.22 bits per heavy atom. The molecule has 0 spiro atoms. The van der Waals surface area contributed by atoms with Gasteiger partial charge in [0, 0.05) is 17.8 Å². The van der Waals surface area contributed by atoms with Crippen LogP contribution in [0.2, 0.25) is 0 Å². The highest BCUT2D eigenvalue weighted by molar-refractivity contribution is 5.51. The smallest absolute Gasteiger partial charge is 0.0510 e. The maximum absolute atomic E-state index is 5.98. The molecule has 1 unspecified atom stereocenters. The van der Waals surface area contributed by atoms with Crippen molar-refractivity contribution in [2.24, 2.45) is 0 Å². The van der Waals surface area contributed by atoms with Gasteiger partial charge in [-0.25, -0.2) is 0 Å². The first-order valence-electron chi connectivity index (χ1n) is 6.61. The molecule has 0 aliphatic heterocycles. The van der Waals surface area contributed by atoms with Crippen LogP contribution in [-0.4, -0.2) is 4.98 Å². The molecule has 1 aromatic heterocycles. The summed E-state index contributed by atoms with van der Waals surface area (Å²) in [6.45, 7) is 2.15. The number of nitrogen functional groups attached to an aromatic ring is 1. The third-order valence-electron chi connectivity index (χ3n) is 3.91. The van der Waals surface area contributed by atoms with Crippen molar-refractivity contribution in [3.63, 3.8) is 0 Å². The van der Waals surface area contributed by atoms with Crippen LogP contribution in [0.4, 0.5) is 5.69 Å². The van der Waals surface area contributed by atoms with Crippen molar-refractivity contribution < 1.29 is 0 Å². The molecule has 2 nitrogen and oxygen atoms in total. The Morgan fingerprint density at radius 3 is 3.06 bits per heavy atom. The molecular formula is C16H18N2. The van der Waals surface area contributed by atoms with Gasteiger partial charge >= 0.3 is 0 Å². The molecule has 0 fully saturated rings. The Kier molecular flexibility index (Phi) is 2.78. The van der Waals surface area contributed by atoms with Crippen LogP contribution in [0.5, 0.6) is 0 Å². The van der Waals surface area contributed by atoms with Gasteiger partial charge in [0.25, 0.3) is 0 Å². The molecule has 18 heavy (non-hydrogen) atoms. The molecular weight excluding hydrogens is 220 g/mol. The van der Waals surface area contributed by atoms with E-state index in [9.17, 15) is 0 Å². The molecule has 0 saturated heterocycles. The van der Waals surface area contributed by atoms with E-state index < -0.39 is 0 Å². The summed E-state index contributed by atoms with van der Waals surface area (Å²) in [4.78, 5) is 4.56. The Bertz CT molecular complexity index is 575. The minimum Gasteiger partial charge on any atom is -0.399 e. The SMILES string of the molecule is CCc1cc(C2CCc3cccnc32)ccc1N. The van der Waals surface area contributed by atoms with Crippen LogP contribution in [0.25, 0.3) is 0 Å². The predicted molar refractivity (Wildman–Crippen MR) is 74.6 cm³/mol. The normalized spacial score (nSPS) is 17.7. The molecule has 1 heterocycles. The van der Waals surface area contributed by atoms with Gasteiger partial charge in [-0.15, -0.1) is 0 Å². The third-order valence-corrected chi connectivity index (χ3v) is 3.91. The lowest BCUT2D eigenvalue weighted by Gasteiger charge is -2.13. The fraction of sp³-hybridized carbons (Fsp3) is 0.312. The molecule has 92 valence electrons. The largest absolute Gasteiger partial charge is 0.399 e. The van der Waals surface area contributed by atoms with E-state index in [4.69, 9.17) is 5.73 Å². The highest BCUT2D eigenvalue weighted by Gasteiger charge is 2.25. The summed E-state index contributed by atoms with van der Waals surface area (Å²) < 4.78 is 0. The molecule has 2 aromatic rings. The number of anilines is 1. The van der Waals surface area contributed by atoms with Crippen molar-refractivity contribution in [3.8, 4) is 0 Å². The highest BCUT2D eigenvalue weighted by atomic mass is 14.7. The van der Waals surface area contributed by atoms with Crippen LogP contribution in [0.1, 0.15) is 41.6 Å². The lowest BCUT2D eigenvalue weighted by molar-refractivity contribution is 0.770. The van der Waals surface area contributed by atoms with Gasteiger partial charge < -0.3 is 5.73 Å². The van der Waals surface area contributed by atoms with Crippen molar-refractivity contribution in [1.82, 2.24) is 4.98 Å². The van der Waals surface area contributed by atoms with E-state index in [0.29, 0.717) is 5.92 Å². The summed E-state index contributed by atoms with van der Waals surface area (Å²) in [6, 6.07) is 10.7. The van der Waals surface area contributed by atoms with Gasteiger partial charge in [-0.3, -0.25) is 4.98 Å². The molecule has 0 bridgehead atoms. The zero-order valence-corrected chi connectivity index (χ0v) is 10.7. The number of nitrogens with two attached hydrogens (primary N) is 1. The molecule has 0 saturated carbocycles. The summed E-state index contributed by atoms with van der Waals surface area (Å²) in [5.41, 5.74) is 12.1. The average Bonchev–Trinajstić information content (AvgIpc) is 2.83. The maximum Gasteiger partial charge on any atom is 0.0510 e. The average molecular weight is 238 g/mol. The summed E-state index contributed by atoms with van der Waals surface area (Å²) in [5, 5.41) is 0. The van der Waals surface area contributed by atoms with Crippen molar-refractivity contribution >= 4 is 5.69 Å². The zero-order valence-electron chi connectivity index (χ0n) is 10.7. The number of hydrogen-bond donors (Lipinski definition) is 1. The van der Waals surface area contributed by atoms with Crippen LogP contribution in [0.3, 0.4) is 0 Å². The molecule has 0 radical (unpaired) electrons. The van der Waals surface area contributed by atoms with Gasteiger partial charge in [0.15, 0.2) is 0 Å². The summed E-state index contributed by atoms with van der Waals surface area (Å²) in [6.07, 6.45) is 5.19. The van der Waals surface area contributed by atoms with Crippen molar-refractivity contribution in [3.05, 3.63) is 58.9 Å². The minimum absolute atomic E-state index is 0.451. The predicted octanol–water partition coefficient (Wildman–Crippen LogP) is 3.30. The second kappa shape index (κ2) is 4.45. The number of aromatic nitrogens is 1. The second-order valence-electron chi connectivity index (χ2n) is 4.95. The van der Waals surface area contributed by atoms with E-state index in [1.165, 1.54) is 28.8 Å². The molecule has 2 N–H and O–H groups in total. The number of nitrogens with zero attached hydrogens (tertiary/aromatic N) is 1. The number of aryl methyl sites for hydroxylation is 2. The highest BCUT2D eigenvalue weighted by Crippen LogP contribution is 2.37. The van der Waals surface area contributed by atoms with Crippen molar-refractivity contribution in [2.75, 3.05) is 5.73 Å². The Balaban J connectivity index is 2.02. The van der Waals surface area contributed by atoms with Crippen LogP contribution < -0.4 is 5.73 Å². The van der Waals surface area contributed by atoms with Gasteiger partial charge in [-0.1, -0.05) is 25.1 Å². The van der Waals surface area contributed by atoms with E-state index in [2.05, 4.69) is 30.1 Å². The number of pyridine rings is 1. The van der Waals surface area contributed by atoms with Crippen LogP contribution in [-0.2, 0) is 12.8 Å². The van der Waals surface area contributed by atoms with Gasteiger partial charge in [-0.05, 0) is 48.1 Å². The Labute approximate surface area is 108 Å². The second-order valence-corrected chi connectivity index (χ2v) is 4.95. The number of fused-ring (bicyclic) bond motifs is 1. The first-order chi connectivity index (χ1) is 8.79. The molecule has 1 aromatic carbocycles. The third kappa shape index (κ3) is 1.78. The van der Waals surface area contributed by atoms with Crippen LogP contribution >= 0.6 is 0 Å². The Morgan fingerprint density at radius 1 is 1.33 bits per heavy atom. The lowest BCUT2D eigenvalue weighted by Crippen LogP contribution is -2.01. The van der Waals surface area contributed by atoms with Gasteiger partial charge in [0.05, 0.1) is 5.69 Å². The summed E-state index contributed by atoms with van der Waals surface area (Å²) in [5.74, 6) is 0.451. The lowest BCUT2D eigenvalue weighted by atomic mass is 9.94. The molecule has 0 amide bonds. The first-order valence-corrected chi connectivity index (χ1v) is 6.61. The van der Waals surface area contributed by atoms with Crippen molar-refractivity contribution in [2.45, 2.75) is 32.1 Å². The first kappa shape index (κ1) is 11.3. The summed E-state index contributed by atoms with van der Waals surface area (Å²) in [7, 11) is 0. The van der Waals surface area contributed by atoms with Crippen molar-refractivity contribution in [1.29, 1.82) is 0 Å². The van der Waals surface area contributed by atoms with E-state index >= 15 is 0 Å². The molecule has 1 atom stereocenters. The quantitative estimate of drug-likeness (QED) is 0.815. The monoisotopic (exact) mass is 238 g/mol. The topological polar surface area (TPSA) is 38.9 Å². The van der Waals surface area contributed by atoms with Crippen LogP contribution in [0.15, 0.2) is 36.5 Å². The molecule has 1 aliphatic carbocycles. The minimum atomic E-state index is 0.451. The Hall–Kier alpha value is -1.83. The molecule has 2 heteroatoms. The van der Waals surface area contributed by atoms with E-state index in [1.54, 1.807) is 0 Å². The fourth-order valence-electron chi connectivity index (χ4n) is 2.89. The maximum atomic E-state index is 5.98. The van der Waals surface area contributed by atoms with Gasteiger partial charge in [-0.2, -0.15) is 0 Å². The number of benzene rings is 1. The van der Waals surface area contributed by atoms with E-state index in [1.807, 2.05) is 18.3 Å². The number of hydrogen-bond acceptors (Lipinski definition) is 2. The van der Waals surface area contributed by atoms with E-state index in [-0.39, 0.29) is 0 Å². The fourth-order valence-corrected chi connectivity index (χ4v) is 2.89. The molecule has 3 rings (SSSR count). The number of rotatable bonds is 2. The zero-order chi connectivity index (χ0) is 12.5. The summed E-state index contributed by atoms with van der Waals surface area (Å²) >= 11 is 0. The van der Waals surface area contributed by atoms with E-state index in [0.717, 1.165) is 18.5 Å². The standard InChI is InChI=1S/C16H18N2/c1-2-11-10-13(6-8-15(11)17)14-7-5-12-4-3-9-18-16(12)14/h3-4,6,8-10,14H,2,5,7,17H2,1H3. The van der Waals surface area contributed by atoms with Gasteiger partial charge in [0.2, 0.25) is 0 Å². The molecule has 1 aliphatic rings. The van der Waals surface area contributed by atoms with Gasteiger partial charge in [0.1, 0.15) is 0 Å². The van der Waals surface area contributed by atoms with Crippen LogP contribution in [0, 0.1) is 0 Å².